The quantitative estimate of drug-likeness (QED) is 0.311. The van der Waals surface area contributed by atoms with Crippen molar-refractivity contribution in [3.8, 4) is 0 Å². The standard InChI is InChI=1S/C35H38/c1-22(2)18-29-19-31(25(7)30-14-12-11-13-15-30)21-32(20-29)26(8)33-16-17-34(27(33)9)28(10)35(23(3)4)24(5)6/h11-16,19-21,35H,1,3,5,7-8,10,17-18H2,2,4,6,9H3. The van der Waals surface area contributed by atoms with E-state index in [4.69, 9.17) is 0 Å². The first kappa shape index (κ1) is 26.0. The lowest BCUT2D eigenvalue weighted by Gasteiger charge is -2.22. The highest BCUT2D eigenvalue weighted by atomic mass is 14.3. The van der Waals surface area contributed by atoms with Crippen LogP contribution in [0, 0.1) is 5.92 Å². The lowest BCUT2D eigenvalue weighted by atomic mass is 9.82. The van der Waals surface area contributed by atoms with Crippen LogP contribution >= 0.6 is 0 Å². The lowest BCUT2D eigenvalue weighted by Crippen LogP contribution is -2.08. The average molecular weight is 459 g/mol. The fraction of sp³-hybridized carbons (Fsp3) is 0.200. The smallest absolute Gasteiger partial charge is 0.0244 e. The van der Waals surface area contributed by atoms with Crippen LogP contribution in [0.4, 0.5) is 0 Å². The van der Waals surface area contributed by atoms with E-state index in [1.807, 2.05) is 18.2 Å². The third kappa shape index (κ3) is 5.72. The summed E-state index contributed by atoms with van der Waals surface area (Å²) in [7, 11) is 0. The largest absolute Gasteiger partial charge is 0.0998 e. The first-order valence-electron chi connectivity index (χ1n) is 12.1. The van der Waals surface area contributed by atoms with Crippen LogP contribution in [0.25, 0.3) is 11.1 Å². The van der Waals surface area contributed by atoms with Crippen molar-refractivity contribution in [2.24, 2.45) is 5.92 Å². The van der Waals surface area contributed by atoms with Gasteiger partial charge in [-0.2, -0.15) is 0 Å². The average Bonchev–Trinajstić information content (AvgIpc) is 3.18. The third-order valence-electron chi connectivity index (χ3n) is 6.73. The van der Waals surface area contributed by atoms with Crippen LogP contribution in [0.2, 0.25) is 0 Å². The number of rotatable bonds is 10. The van der Waals surface area contributed by atoms with E-state index in [0.717, 1.165) is 63.0 Å². The van der Waals surface area contributed by atoms with Crippen LogP contribution in [0.1, 0.15) is 56.4 Å². The Morgan fingerprint density at radius 1 is 0.771 bits per heavy atom. The monoisotopic (exact) mass is 458 g/mol. The van der Waals surface area contributed by atoms with Crippen molar-refractivity contribution < 1.29 is 0 Å². The van der Waals surface area contributed by atoms with E-state index in [2.05, 4.69) is 104 Å². The van der Waals surface area contributed by atoms with Crippen molar-refractivity contribution in [3.63, 3.8) is 0 Å². The molecule has 1 aliphatic carbocycles. The molecule has 0 heterocycles. The van der Waals surface area contributed by atoms with Crippen LogP contribution in [-0.2, 0) is 6.42 Å². The molecule has 0 aliphatic heterocycles. The van der Waals surface area contributed by atoms with Crippen LogP contribution in [0.15, 0.2) is 133 Å². The Labute approximate surface area is 212 Å². The summed E-state index contributed by atoms with van der Waals surface area (Å²) in [5.41, 5.74) is 14.7. The minimum absolute atomic E-state index is 0.0978. The molecule has 0 saturated heterocycles. The second-order valence-corrected chi connectivity index (χ2v) is 9.95. The molecule has 178 valence electrons. The molecule has 2 aromatic carbocycles. The van der Waals surface area contributed by atoms with Gasteiger partial charge in [-0.25, -0.2) is 0 Å². The molecule has 35 heavy (non-hydrogen) atoms. The zero-order valence-corrected chi connectivity index (χ0v) is 21.9. The summed E-state index contributed by atoms with van der Waals surface area (Å²) in [5.74, 6) is 0.0978. The van der Waals surface area contributed by atoms with Crippen molar-refractivity contribution in [2.45, 2.75) is 40.5 Å². The molecule has 0 atom stereocenters. The zero-order valence-electron chi connectivity index (χ0n) is 21.9. The molecule has 0 fully saturated rings. The molecular weight excluding hydrogens is 420 g/mol. The minimum Gasteiger partial charge on any atom is -0.0998 e. The fourth-order valence-electron chi connectivity index (χ4n) is 5.04. The summed E-state index contributed by atoms with van der Waals surface area (Å²) in [6, 6.07) is 17.0. The van der Waals surface area contributed by atoms with Gasteiger partial charge in [-0.3, -0.25) is 0 Å². The topological polar surface area (TPSA) is 0 Å². The Morgan fingerprint density at radius 3 is 1.89 bits per heavy atom. The van der Waals surface area contributed by atoms with Gasteiger partial charge in [0.15, 0.2) is 0 Å². The van der Waals surface area contributed by atoms with Gasteiger partial charge in [0.25, 0.3) is 0 Å². The van der Waals surface area contributed by atoms with Crippen molar-refractivity contribution >= 4 is 11.1 Å². The predicted molar refractivity (Wildman–Crippen MR) is 156 cm³/mol. The zero-order chi connectivity index (χ0) is 25.9. The maximum atomic E-state index is 4.54. The number of hydrogen-bond donors (Lipinski definition) is 0. The molecular formula is C35H38. The van der Waals surface area contributed by atoms with E-state index in [9.17, 15) is 0 Å². The molecule has 0 radical (unpaired) electrons. The minimum atomic E-state index is 0.0978. The normalized spacial score (nSPS) is 13.0. The maximum Gasteiger partial charge on any atom is 0.0244 e. The Hall–Kier alpha value is -3.64. The van der Waals surface area contributed by atoms with E-state index in [-0.39, 0.29) is 5.92 Å². The molecule has 0 spiro atoms. The highest BCUT2D eigenvalue weighted by Crippen LogP contribution is 2.42. The van der Waals surface area contributed by atoms with Crippen LogP contribution in [0.5, 0.6) is 0 Å². The molecule has 1 aliphatic rings. The molecule has 0 nitrogen and oxygen atoms in total. The summed E-state index contributed by atoms with van der Waals surface area (Å²) >= 11 is 0. The molecule has 0 N–H and O–H groups in total. The molecule has 0 saturated carbocycles. The molecule has 0 bridgehead atoms. The number of benzene rings is 2. The van der Waals surface area contributed by atoms with Crippen LogP contribution < -0.4 is 0 Å². The van der Waals surface area contributed by atoms with Gasteiger partial charge in [-0.15, -0.1) is 0 Å². The summed E-state index contributed by atoms with van der Waals surface area (Å²) in [6.07, 6.45) is 3.96. The fourth-order valence-corrected chi connectivity index (χ4v) is 5.04. The highest BCUT2D eigenvalue weighted by Gasteiger charge is 2.24. The van der Waals surface area contributed by atoms with Gasteiger partial charge in [-0.05, 0) is 102 Å². The second-order valence-electron chi connectivity index (χ2n) is 9.95. The molecule has 3 rings (SSSR count). The highest BCUT2D eigenvalue weighted by molar-refractivity contribution is 5.87. The van der Waals surface area contributed by atoms with Gasteiger partial charge in [0.1, 0.15) is 0 Å². The summed E-state index contributed by atoms with van der Waals surface area (Å²) in [5, 5.41) is 0. The van der Waals surface area contributed by atoms with E-state index in [1.165, 1.54) is 22.3 Å². The summed E-state index contributed by atoms with van der Waals surface area (Å²) in [6.45, 7) is 34.3. The first-order chi connectivity index (χ1) is 16.5. The van der Waals surface area contributed by atoms with E-state index in [0.29, 0.717) is 0 Å². The van der Waals surface area contributed by atoms with Gasteiger partial charge < -0.3 is 0 Å². The van der Waals surface area contributed by atoms with Crippen molar-refractivity contribution in [3.05, 3.63) is 155 Å². The Morgan fingerprint density at radius 2 is 1.34 bits per heavy atom. The predicted octanol–water partition coefficient (Wildman–Crippen LogP) is 9.85. The maximum absolute atomic E-state index is 4.54. The van der Waals surface area contributed by atoms with E-state index >= 15 is 0 Å². The Kier molecular flexibility index (Phi) is 7.97. The number of allylic oxidation sites excluding steroid dienone is 9. The SMILES string of the molecule is C=C(C)Cc1cc(C(=C)C2=CCC(C(=C)C(C(=C)C)C(=C)C)=C2C)cc(C(=C)c2ccccc2)c1. The van der Waals surface area contributed by atoms with Crippen LogP contribution in [-0.4, -0.2) is 0 Å². The molecule has 0 aromatic heterocycles. The van der Waals surface area contributed by atoms with Gasteiger partial charge >= 0.3 is 0 Å². The van der Waals surface area contributed by atoms with Crippen molar-refractivity contribution in [1.82, 2.24) is 0 Å². The van der Waals surface area contributed by atoms with Gasteiger partial charge in [0.05, 0.1) is 0 Å². The molecule has 0 amide bonds. The van der Waals surface area contributed by atoms with Gasteiger partial charge in [-0.1, -0.05) is 105 Å². The summed E-state index contributed by atoms with van der Waals surface area (Å²) in [4.78, 5) is 0. The van der Waals surface area contributed by atoms with Crippen molar-refractivity contribution in [1.29, 1.82) is 0 Å². The Balaban J connectivity index is 2.01. The van der Waals surface area contributed by atoms with E-state index < -0.39 is 0 Å². The third-order valence-corrected chi connectivity index (χ3v) is 6.73. The van der Waals surface area contributed by atoms with Gasteiger partial charge in [0.2, 0.25) is 0 Å². The van der Waals surface area contributed by atoms with Gasteiger partial charge in [0, 0.05) is 5.92 Å². The summed E-state index contributed by atoms with van der Waals surface area (Å²) < 4.78 is 0. The number of hydrogen-bond acceptors (Lipinski definition) is 0. The Bertz CT molecular complexity index is 1290. The van der Waals surface area contributed by atoms with Crippen molar-refractivity contribution in [2.75, 3.05) is 0 Å². The molecule has 0 unspecified atom stereocenters. The first-order valence-corrected chi connectivity index (χ1v) is 12.1. The molecule has 0 heteroatoms. The van der Waals surface area contributed by atoms with Crippen LogP contribution in [0.3, 0.4) is 0 Å². The van der Waals surface area contributed by atoms with E-state index in [1.54, 1.807) is 0 Å². The lowest BCUT2D eigenvalue weighted by molar-refractivity contribution is 0.841. The molecule has 2 aromatic rings. The second kappa shape index (κ2) is 10.7.